The van der Waals surface area contributed by atoms with Crippen LogP contribution in [0.15, 0.2) is 10.9 Å². The van der Waals surface area contributed by atoms with Crippen LogP contribution in [0.4, 0.5) is 0 Å². The van der Waals surface area contributed by atoms with Crippen molar-refractivity contribution >= 4 is 5.91 Å². The highest BCUT2D eigenvalue weighted by atomic mass is 16.5. The van der Waals surface area contributed by atoms with Crippen LogP contribution in [0.5, 0.6) is 0 Å². The Hall–Kier alpha value is -1.73. The summed E-state index contributed by atoms with van der Waals surface area (Å²) in [5.41, 5.74) is 0.405. The van der Waals surface area contributed by atoms with Gasteiger partial charge in [0.1, 0.15) is 5.69 Å². The van der Waals surface area contributed by atoms with Crippen LogP contribution in [0.25, 0.3) is 0 Å². The lowest BCUT2D eigenvalue weighted by Gasteiger charge is -2.19. The fourth-order valence-corrected chi connectivity index (χ4v) is 2.90. The molecule has 0 aliphatic carbocycles. The van der Waals surface area contributed by atoms with E-state index < -0.39 is 5.69 Å². The highest BCUT2D eigenvalue weighted by Crippen LogP contribution is 2.13. The summed E-state index contributed by atoms with van der Waals surface area (Å²) >= 11 is 0. The van der Waals surface area contributed by atoms with Crippen molar-refractivity contribution in [1.29, 1.82) is 0 Å². The minimum absolute atomic E-state index is 0.0360. The van der Waals surface area contributed by atoms with Gasteiger partial charge in [-0.1, -0.05) is 13.8 Å². The number of carbonyl (C=O) groups excluding carboxylic acids is 1. The molecule has 0 saturated carbocycles. The molecule has 1 aromatic heterocycles. The van der Waals surface area contributed by atoms with E-state index in [2.05, 4.69) is 34.0 Å². The Morgan fingerprint density at radius 1 is 1.52 bits per heavy atom. The molecule has 1 aliphatic heterocycles. The average molecular weight is 322 g/mol. The number of hydrogen-bond acceptors (Lipinski definition) is 5. The largest absolute Gasteiger partial charge is 0.375 e. The standard InChI is InChI=1S/C16H26N4O3/c1-5-23-14-9-20(4)8-13(14)18-15(21)12-7-11(6-10(2)3)17-16(22)19-12/h7,10,13-14H,5-6,8-9H2,1-4H3,(H,18,21)(H,17,19,22)/t13-,14-/m1/s1. The number of likely N-dealkylation sites (N-methyl/N-ethyl adjacent to an activating group) is 1. The Balaban J connectivity index is 2.11. The molecule has 7 nitrogen and oxygen atoms in total. The Morgan fingerprint density at radius 2 is 2.26 bits per heavy atom. The molecule has 0 spiro atoms. The number of carbonyl (C=O) groups is 1. The summed E-state index contributed by atoms with van der Waals surface area (Å²) in [6, 6.07) is 1.56. The number of aromatic nitrogens is 2. The lowest BCUT2D eigenvalue weighted by molar-refractivity contribution is 0.0512. The van der Waals surface area contributed by atoms with Crippen molar-refractivity contribution in [2.75, 3.05) is 26.7 Å². The highest BCUT2D eigenvalue weighted by Gasteiger charge is 2.32. The Labute approximate surface area is 136 Å². The Morgan fingerprint density at radius 3 is 2.91 bits per heavy atom. The van der Waals surface area contributed by atoms with E-state index in [1.54, 1.807) is 6.07 Å². The molecule has 1 aliphatic rings. The number of rotatable bonds is 6. The normalized spacial score (nSPS) is 21.8. The lowest BCUT2D eigenvalue weighted by atomic mass is 10.1. The number of hydrogen-bond donors (Lipinski definition) is 2. The molecular weight excluding hydrogens is 296 g/mol. The molecule has 2 N–H and O–H groups in total. The molecule has 128 valence electrons. The fraction of sp³-hybridized carbons (Fsp3) is 0.688. The van der Waals surface area contributed by atoms with Gasteiger partial charge in [0.25, 0.3) is 5.91 Å². The summed E-state index contributed by atoms with van der Waals surface area (Å²) in [5.74, 6) is 0.0564. The molecule has 0 aromatic carbocycles. The van der Waals surface area contributed by atoms with Gasteiger partial charge in [0.2, 0.25) is 0 Å². The number of likely N-dealkylation sites (tertiary alicyclic amines) is 1. The molecule has 7 heteroatoms. The van der Waals surface area contributed by atoms with Gasteiger partial charge in [-0.05, 0) is 32.4 Å². The number of H-pyrrole nitrogens is 1. The maximum atomic E-state index is 12.4. The number of aromatic amines is 1. The van der Waals surface area contributed by atoms with Gasteiger partial charge < -0.3 is 19.9 Å². The van der Waals surface area contributed by atoms with Crippen molar-refractivity contribution in [3.8, 4) is 0 Å². The van der Waals surface area contributed by atoms with Crippen molar-refractivity contribution in [2.24, 2.45) is 5.92 Å². The van der Waals surface area contributed by atoms with Gasteiger partial charge >= 0.3 is 5.69 Å². The van der Waals surface area contributed by atoms with Crippen molar-refractivity contribution in [2.45, 2.75) is 39.3 Å². The summed E-state index contributed by atoms with van der Waals surface area (Å²) in [7, 11) is 1.99. The molecule has 23 heavy (non-hydrogen) atoms. The first-order valence-corrected chi connectivity index (χ1v) is 8.10. The van der Waals surface area contributed by atoms with E-state index in [1.807, 2.05) is 14.0 Å². The third kappa shape index (κ3) is 4.87. The van der Waals surface area contributed by atoms with Gasteiger partial charge in [-0.3, -0.25) is 4.79 Å². The van der Waals surface area contributed by atoms with E-state index in [-0.39, 0.29) is 23.7 Å². The van der Waals surface area contributed by atoms with Crippen LogP contribution in [-0.4, -0.2) is 59.7 Å². The molecule has 1 saturated heterocycles. The number of amides is 1. The van der Waals surface area contributed by atoms with Crippen molar-refractivity contribution in [1.82, 2.24) is 20.2 Å². The van der Waals surface area contributed by atoms with Crippen LogP contribution in [0.2, 0.25) is 0 Å². The van der Waals surface area contributed by atoms with Crippen molar-refractivity contribution in [3.05, 3.63) is 27.9 Å². The molecule has 0 radical (unpaired) electrons. The van der Waals surface area contributed by atoms with Crippen LogP contribution >= 0.6 is 0 Å². The fourth-order valence-electron chi connectivity index (χ4n) is 2.90. The predicted octanol–water partition coefficient (Wildman–Crippen LogP) is 0.417. The van der Waals surface area contributed by atoms with E-state index >= 15 is 0 Å². The number of nitrogens with one attached hydrogen (secondary N) is 2. The van der Waals surface area contributed by atoms with Gasteiger partial charge in [0.05, 0.1) is 12.1 Å². The first kappa shape index (κ1) is 17.6. The zero-order valence-electron chi connectivity index (χ0n) is 14.3. The monoisotopic (exact) mass is 322 g/mol. The van der Waals surface area contributed by atoms with Crippen LogP contribution in [0.1, 0.15) is 37.0 Å². The van der Waals surface area contributed by atoms with Gasteiger partial charge in [-0.2, -0.15) is 4.98 Å². The molecular formula is C16H26N4O3. The first-order valence-electron chi connectivity index (χ1n) is 8.10. The van der Waals surface area contributed by atoms with E-state index in [1.165, 1.54) is 0 Å². The quantitative estimate of drug-likeness (QED) is 0.792. The SMILES string of the molecule is CCO[C@@H]1CN(C)C[C@H]1NC(=O)c1cc(CC(C)C)[nH]c(=O)n1. The zero-order valence-corrected chi connectivity index (χ0v) is 14.3. The van der Waals surface area contributed by atoms with E-state index in [0.717, 1.165) is 18.8 Å². The molecule has 0 bridgehead atoms. The maximum Gasteiger partial charge on any atom is 0.345 e. The zero-order chi connectivity index (χ0) is 17.0. The van der Waals surface area contributed by atoms with E-state index in [4.69, 9.17) is 4.74 Å². The third-order valence-corrected chi connectivity index (χ3v) is 3.81. The van der Waals surface area contributed by atoms with Crippen LogP contribution < -0.4 is 11.0 Å². The molecule has 1 aromatic rings. The molecule has 2 heterocycles. The number of ether oxygens (including phenoxy) is 1. The number of nitrogens with zero attached hydrogens (tertiary/aromatic N) is 2. The highest BCUT2D eigenvalue weighted by molar-refractivity contribution is 5.92. The smallest absolute Gasteiger partial charge is 0.345 e. The minimum Gasteiger partial charge on any atom is -0.375 e. The Kier molecular flexibility index (Phi) is 5.90. The van der Waals surface area contributed by atoms with Gasteiger partial charge in [-0.15, -0.1) is 0 Å². The summed E-state index contributed by atoms with van der Waals surface area (Å²) in [5, 5.41) is 2.95. The van der Waals surface area contributed by atoms with Crippen molar-refractivity contribution < 1.29 is 9.53 Å². The second-order valence-electron chi connectivity index (χ2n) is 6.49. The second-order valence-corrected chi connectivity index (χ2v) is 6.49. The molecule has 2 rings (SSSR count). The van der Waals surface area contributed by atoms with E-state index in [9.17, 15) is 9.59 Å². The van der Waals surface area contributed by atoms with Gasteiger partial charge in [0.15, 0.2) is 0 Å². The van der Waals surface area contributed by atoms with Crippen LogP contribution in [-0.2, 0) is 11.2 Å². The van der Waals surface area contributed by atoms with Gasteiger partial charge in [-0.25, -0.2) is 4.79 Å². The molecule has 2 atom stereocenters. The third-order valence-electron chi connectivity index (χ3n) is 3.81. The van der Waals surface area contributed by atoms with Crippen molar-refractivity contribution in [3.63, 3.8) is 0 Å². The average Bonchev–Trinajstić information content (AvgIpc) is 2.77. The summed E-state index contributed by atoms with van der Waals surface area (Å²) in [6.45, 7) is 8.15. The summed E-state index contributed by atoms with van der Waals surface area (Å²) in [4.78, 5) is 32.7. The predicted molar refractivity (Wildman–Crippen MR) is 87.6 cm³/mol. The van der Waals surface area contributed by atoms with Gasteiger partial charge in [0, 0.05) is 25.4 Å². The molecule has 0 unspecified atom stereocenters. The minimum atomic E-state index is -0.488. The van der Waals surface area contributed by atoms with Crippen LogP contribution in [0.3, 0.4) is 0 Å². The lowest BCUT2D eigenvalue weighted by Crippen LogP contribution is -2.44. The van der Waals surface area contributed by atoms with Crippen LogP contribution in [0, 0.1) is 5.92 Å². The topological polar surface area (TPSA) is 87.3 Å². The first-order chi connectivity index (χ1) is 10.9. The maximum absolute atomic E-state index is 12.4. The molecule has 1 amide bonds. The second kappa shape index (κ2) is 7.70. The summed E-state index contributed by atoms with van der Waals surface area (Å²) < 4.78 is 5.68. The Bertz CT molecular complexity index is 599. The van der Waals surface area contributed by atoms with E-state index in [0.29, 0.717) is 18.9 Å². The molecule has 1 fully saturated rings. The summed E-state index contributed by atoms with van der Waals surface area (Å²) in [6.07, 6.45) is 0.664.